The van der Waals surface area contributed by atoms with Crippen molar-refractivity contribution in [3.63, 3.8) is 0 Å². The first-order chi connectivity index (χ1) is 9.69. The number of nitrogens with two attached hydrogens (primary N) is 1. The van der Waals surface area contributed by atoms with Crippen LogP contribution in [0.15, 0.2) is 42.5 Å². The van der Waals surface area contributed by atoms with Crippen molar-refractivity contribution in [2.24, 2.45) is 11.7 Å². The number of aryl methyl sites for hydroxylation is 1. The molecule has 3 rings (SSSR count). The summed E-state index contributed by atoms with van der Waals surface area (Å²) in [6.45, 7) is 2.12. The molecule has 2 heteroatoms. The summed E-state index contributed by atoms with van der Waals surface area (Å²) < 4.78 is 5.48. The zero-order chi connectivity index (χ0) is 14.1. The highest BCUT2D eigenvalue weighted by Crippen LogP contribution is 2.37. The van der Waals surface area contributed by atoms with Crippen LogP contribution in [0.3, 0.4) is 0 Å². The summed E-state index contributed by atoms with van der Waals surface area (Å²) in [5, 5.41) is 0. The second-order valence-electron chi connectivity index (χ2n) is 5.71. The Bertz CT molecular complexity index is 621. The third kappa shape index (κ3) is 2.32. The molecule has 0 saturated carbocycles. The molecule has 2 aromatic rings. The highest BCUT2D eigenvalue weighted by molar-refractivity contribution is 5.40. The number of hydrogen-bond donors (Lipinski definition) is 1. The minimum Gasteiger partial charge on any atom is -0.496 e. The molecule has 1 aliphatic rings. The lowest BCUT2D eigenvalue weighted by Crippen LogP contribution is -2.19. The molecule has 2 aromatic carbocycles. The molecule has 2 unspecified atom stereocenters. The monoisotopic (exact) mass is 267 g/mol. The maximum atomic E-state index is 6.43. The van der Waals surface area contributed by atoms with Crippen molar-refractivity contribution in [3.8, 4) is 5.75 Å². The van der Waals surface area contributed by atoms with Gasteiger partial charge in [0.15, 0.2) is 0 Å². The van der Waals surface area contributed by atoms with Gasteiger partial charge in [0.2, 0.25) is 0 Å². The Balaban J connectivity index is 1.85. The lowest BCUT2D eigenvalue weighted by molar-refractivity contribution is 0.398. The number of fused-ring (bicyclic) bond motifs is 1. The summed E-state index contributed by atoms with van der Waals surface area (Å²) in [5.74, 6) is 1.43. The lowest BCUT2D eigenvalue weighted by Gasteiger charge is -2.18. The van der Waals surface area contributed by atoms with E-state index in [-0.39, 0.29) is 6.04 Å². The van der Waals surface area contributed by atoms with E-state index in [1.165, 1.54) is 22.3 Å². The van der Waals surface area contributed by atoms with E-state index in [0.29, 0.717) is 5.92 Å². The van der Waals surface area contributed by atoms with Crippen molar-refractivity contribution in [3.05, 3.63) is 64.7 Å². The van der Waals surface area contributed by atoms with Crippen molar-refractivity contribution >= 4 is 0 Å². The van der Waals surface area contributed by atoms with Crippen LogP contribution in [0.2, 0.25) is 0 Å². The second-order valence-corrected chi connectivity index (χ2v) is 5.71. The summed E-state index contributed by atoms with van der Waals surface area (Å²) in [5.41, 5.74) is 11.7. The molecular formula is C18H21NO. The van der Waals surface area contributed by atoms with E-state index in [9.17, 15) is 0 Å². The molecule has 0 bridgehead atoms. The quantitative estimate of drug-likeness (QED) is 0.925. The van der Waals surface area contributed by atoms with E-state index >= 15 is 0 Å². The number of methoxy groups -OCH3 is 1. The summed E-state index contributed by atoms with van der Waals surface area (Å²) in [6, 6.07) is 15.0. The van der Waals surface area contributed by atoms with Crippen LogP contribution >= 0.6 is 0 Å². The van der Waals surface area contributed by atoms with Gasteiger partial charge in [0, 0.05) is 6.04 Å². The molecule has 2 N–H and O–H groups in total. The van der Waals surface area contributed by atoms with Crippen LogP contribution in [0, 0.1) is 12.8 Å². The van der Waals surface area contributed by atoms with Gasteiger partial charge >= 0.3 is 0 Å². The molecule has 2 atom stereocenters. The van der Waals surface area contributed by atoms with E-state index in [0.717, 1.165) is 18.6 Å². The van der Waals surface area contributed by atoms with Gasteiger partial charge in [0.25, 0.3) is 0 Å². The van der Waals surface area contributed by atoms with E-state index in [1.54, 1.807) is 7.11 Å². The van der Waals surface area contributed by atoms with E-state index in [2.05, 4.69) is 49.4 Å². The van der Waals surface area contributed by atoms with Crippen LogP contribution in [-0.2, 0) is 12.8 Å². The van der Waals surface area contributed by atoms with Crippen molar-refractivity contribution < 1.29 is 4.74 Å². The minimum absolute atomic E-state index is 0.136. The first-order valence-corrected chi connectivity index (χ1v) is 7.16. The van der Waals surface area contributed by atoms with Crippen molar-refractivity contribution in [1.29, 1.82) is 0 Å². The maximum absolute atomic E-state index is 6.43. The van der Waals surface area contributed by atoms with Gasteiger partial charge in [-0.2, -0.15) is 0 Å². The molecule has 20 heavy (non-hydrogen) atoms. The molecule has 2 nitrogen and oxygen atoms in total. The first kappa shape index (κ1) is 13.2. The minimum atomic E-state index is 0.136. The SMILES string of the molecule is COc1ccc(C)cc1CC1Cc2ccccc2C1N. The Kier molecular flexibility index (Phi) is 3.49. The highest BCUT2D eigenvalue weighted by atomic mass is 16.5. The van der Waals surface area contributed by atoms with Gasteiger partial charge < -0.3 is 10.5 Å². The summed E-state index contributed by atoms with van der Waals surface area (Å²) >= 11 is 0. The van der Waals surface area contributed by atoms with Crippen LogP contribution in [0.25, 0.3) is 0 Å². The third-order valence-electron chi connectivity index (χ3n) is 4.32. The Labute approximate surface area is 120 Å². The van der Waals surface area contributed by atoms with Crippen LogP contribution < -0.4 is 10.5 Å². The van der Waals surface area contributed by atoms with Crippen molar-refractivity contribution in [2.45, 2.75) is 25.8 Å². The predicted molar refractivity (Wildman–Crippen MR) is 82.0 cm³/mol. The van der Waals surface area contributed by atoms with Gasteiger partial charge in [-0.05, 0) is 48.4 Å². The first-order valence-electron chi connectivity index (χ1n) is 7.16. The normalized spacial score (nSPS) is 20.8. The largest absolute Gasteiger partial charge is 0.496 e. The Morgan fingerprint density at radius 3 is 2.75 bits per heavy atom. The zero-order valence-corrected chi connectivity index (χ0v) is 12.1. The van der Waals surface area contributed by atoms with Gasteiger partial charge in [-0.3, -0.25) is 0 Å². The molecule has 0 saturated heterocycles. The molecule has 0 amide bonds. The average Bonchev–Trinajstić information content (AvgIpc) is 2.76. The van der Waals surface area contributed by atoms with Gasteiger partial charge in [0.05, 0.1) is 7.11 Å². The van der Waals surface area contributed by atoms with Gasteiger partial charge in [-0.15, -0.1) is 0 Å². The Hall–Kier alpha value is -1.80. The Morgan fingerprint density at radius 2 is 2.00 bits per heavy atom. The predicted octanol–water partition coefficient (Wildman–Crippen LogP) is 3.42. The molecule has 0 spiro atoms. The number of ether oxygens (including phenoxy) is 1. The molecule has 0 heterocycles. The number of benzene rings is 2. The number of rotatable bonds is 3. The fraction of sp³-hybridized carbons (Fsp3) is 0.333. The van der Waals surface area contributed by atoms with Gasteiger partial charge in [-0.25, -0.2) is 0 Å². The zero-order valence-electron chi connectivity index (χ0n) is 12.1. The van der Waals surface area contributed by atoms with E-state index in [1.807, 2.05) is 0 Å². The van der Waals surface area contributed by atoms with Gasteiger partial charge in [0.1, 0.15) is 5.75 Å². The number of hydrogen-bond acceptors (Lipinski definition) is 2. The lowest BCUT2D eigenvalue weighted by atomic mass is 9.92. The van der Waals surface area contributed by atoms with E-state index in [4.69, 9.17) is 10.5 Å². The standard InChI is InChI=1S/C18H21NO/c1-12-7-8-17(20-2)14(9-12)11-15-10-13-5-3-4-6-16(13)18(15)19/h3-9,15,18H,10-11,19H2,1-2H3. The van der Waals surface area contributed by atoms with Crippen molar-refractivity contribution in [2.75, 3.05) is 7.11 Å². The molecule has 104 valence electrons. The van der Waals surface area contributed by atoms with Crippen LogP contribution in [-0.4, -0.2) is 7.11 Å². The molecule has 0 aliphatic heterocycles. The van der Waals surface area contributed by atoms with Crippen LogP contribution in [0.1, 0.15) is 28.3 Å². The fourth-order valence-corrected chi connectivity index (χ4v) is 3.26. The highest BCUT2D eigenvalue weighted by Gasteiger charge is 2.29. The maximum Gasteiger partial charge on any atom is 0.122 e. The second kappa shape index (κ2) is 5.29. The average molecular weight is 267 g/mol. The third-order valence-corrected chi connectivity index (χ3v) is 4.32. The Morgan fingerprint density at radius 1 is 1.20 bits per heavy atom. The van der Waals surface area contributed by atoms with E-state index < -0.39 is 0 Å². The van der Waals surface area contributed by atoms with Crippen molar-refractivity contribution in [1.82, 2.24) is 0 Å². The van der Waals surface area contributed by atoms with Crippen LogP contribution in [0.5, 0.6) is 5.75 Å². The van der Waals surface area contributed by atoms with Gasteiger partial charge in [-0.1, -0.05) is 42.0 Å². The smallest absolute Gasteiger partial charge is 0.122 e. The summed E-state index contributed by atoms with van der Waals surface area (Å²) in [6.07, 6.45) is 2.04. The molecule has 0 fully saturated rings. The summed E-state index contributed by atoms with van der Waals surface area (Å²) in [7, 11) is 1.73. The fourth-order valence-electron chi connectivity index (χ4n) is 3.26. The summed E-state index contributed by atoms with van der Waals surface area (Å²) in [4.78, 5) is 0. The topological polar surface area (TPSA) is 35.2 Å². The van der Waals surface area contributed by atoms with Crippen LogP contribution in [0.4, 0.5) is 0 Å². The molecule has 0 aromatic heterocycles. The molecule has 0 radical (unpaired) electrons. The molecule has 1 aliphatic carbocycles. The molecular weight excluding hydrogens is 246 g/mol.